The Bertz CT molecular complexity index is 1990. The third-order valence-electron chi connectivity index (χ3n) is 7.17. The monoisotopic (exact) mass is 568 g/mol. The summed E-state index contributed by atoms with van der Waals surface area (Å²) in [7, 11) is 0. The average molecular weight is 569 g/mol. The number of anilines is 1. The molecular weight excluding hydrogens is 536 g/mol. The van der Waals surface area contributed by atoms with Gasteiger partial charge in [-0.15, -0.1) is 0 Å². The topological polar surface area (TPSA) is 120 Å². The molecule has 2 unspecified atom stereocenters. The third kappa shape index (κ3) is 6.31. The molecule has 0 aliphatic carbocycles. The van der Waals surface area contributed by atoms with Gasteiger partial charge < -0.3 is 20.4 Å². The van der Waals surface area contributed by atoms with Gasteiger partial charge in [0.25, 0.3) is 0 Å². The Balaban J connectivity index is 0.000000162. The molecule has 2 atom stereocenters. The van der Waals surface area contributed by atoms with Gasteiger partial charge in [0.15, 0.2) is 5.49 Å². The van der Waals surface area contributed by atoms with Gasteiger partial charge in [0, 0.05) is 29.7 Å². The second-order valence-electron chi connectivity index (χ2n) is 10.2. The highest BCUT2D eigenvalue weighted by molar-refractivity contribution is 5.76. The number of nitrogens with zero attached hydrogens (tertiary/aromatic N) is 5. The lowest BCUT2D eigenvalue weighted by atomic mass is 10.1. The van der Waals surface area contributed by atoms with Crippen LogP contribution < -0.4 is 10.8 Å². The van der Waals surface area contributed by atoms with Crippen molar-refractivity contribution >= 4 is 28.0 Å². The summed E-state index contributed by atoms with van der Waals surface area (Å²) in [4.78, 5) is 24.4. The first-order valence-corrected chi connectivity index (χ1v) is 14.1. The van der Waals surface area contributed by atoms with Crippen molar-refractivity contribution in [3.63, 3.8) is 0 Å². The van der Waals surface area contributed by atoms with Gasteiger partial charge in [0.05, 0.1) is 17.5 Å². The van der Waals surface area contributed by atoms with Crippen LogP contribution in [0.3, 0.4) is 0 Å². The molecular formula is C34H32N8O. The molecule has 0 aliphatic heterocycles. The maximum atomic E-state index is 9.48. The molecule has 0 amide bonds. The molecule has 214 valence electrons. The standard InChI is InChI=1S/C20H18N4O.C14H14N4/c1-14(15-5-3-2-4-6-15)23-19-18-11-12-21-20(18)24(13-22-19)16-7-9-17(25)10-8-16;1-10(11-5-3-2-4-6-11)17-14-16-9-12-7-8-15-13(12)18-14/h2-14,21,25H,1H3;2-10H,1H3,(H2,15,16,17,18). The first kappa shape index (κ1) is 27.5. The second kappa shape index (κ2) is 12.4. The van der Waals surface area contributed by atoms with Crippen molar-refractivity contribution in [2.75, 3.05) is 5.32 Å². The molecule has 0 bridgehead atoms. The van der Waals surface area contributed by atoms with Gasteiger partial charge in [0.2, 0.25) is 5.95 Å². The number of aromatic nitrogens is 6. The van der Waals surface area contributed by atoms with Crippen LogP contribution in [0.25, 0.3) is 27.8 Å². The zero-order valence-electron chi connectivity index (χ0n) is 23.9. The molecule has 0 radical (unpaired) electrons. The van der Waals surface area contributed by atoms with Gasteiger partial charge >= 0.3 is 0 Å². The van der Waals surface area contributed by atoms with E-state index in [9.17, 15) is 5.11 Å². The normalized spacial score (nSPS) is 12.9. The van der Waals surface area contributed by atoms with Crippen LogP contribution in [-0.2, 0) is 0 Å². The van der Waals surface area contributed by atoms with Crippen molar-refractivity contribution in [3.05, 3.63) is 139 Å². The summed E-state index contributed by atoms with van der Waals surface area (Å²) in [6, 6.07) is 31.6. The molecule has 7 rings (SSSR count). The third-order valence-corrected chi connectivity index (χ3v) is 7.17. The van der Waals surface area contributed by atoms with Crippen LogP contribution in [0.5, 0.6) is 5.75 Å². The molecule has 0 saturated heterocycles. The highest BCUT2D eigenvalue weighted by Gasteiger charge is 2.09. The number of hydrogen-bond acceptors (Lipinski definition) is 6. The minimum atomic E-state index is 0.0244. The Labute approximate surface area is 248 Å². The number of fused-ring (bicyclic) bond motifs is 2. The van der Waals surface area contributed by atoms with Gasteiger partial charge in [-0.25, -0.2) is 9.97 Å². The molecule has 4 heterocycles. The maximum Gasteiger partial charge on any atom is 0.225 e. The number of benzene rings is 3. The molecule has 0 spiro atoms. The van der Waals surface area contributed by atoms with Crippen LogP contribution in [0.2, 0.25) is 0 Å². The Kier molecular flexibility index (Phi) is 7.95. The zero-order chi connectivity index (χ0) is 29.6. The molecule has 0 fully saturated rings. The first-order chi connectivity index (χ1) is 21.0. The van der Waals surface area contributed by atoms with E-state index in [2.05, 4.69) is 68.3 Å². The van der Waals surface area contributed by atoms with Crippen molar-refractivity contribution in [3.8, 4) is 11.4 Å². The van der Waals surface area contributed by atoms with E-state index in [0.717, 1.165) is 33.3 Å². The smallest absolute Gasteiger partial charge is 0.225 e. The van der Waals surface area contributed by atoms with Crippen molar-refractivity contribution in [1.82, 2.24) is 29.5 Å². The lowest BCUT2D eigenvalue weighted by Gasteiger charge is -2.13. The van der Waals surface area contributed by atoms with Gasteiger partial charge in [-0.1, -0.05) is 60.7 Å². The van der Waals surface area contributed by atoms with E-state index >= 15 is 0 Å². The fourth-order valence-corrected chi connectivity index (χ4v) is 4.81. The molecule has 4 aromatic heterocycles. The summed E-state index contributed by atoms with van der Waals surface area (Å²) < 4.78 is 1.95. The molecule has 7 aromatic rings. The van der Waals surface area contributed by atoms with Crippen molar-refractivity contribution in [1.29, 1.82) is 0 Å². The van der Waals surface area contributed by atoms with Gasteiger partial charge in [-0.2, -0.15) is 4.98 Å². The van der Waals surface area contributed by atoms with Crippen molar-refractivity contribution < 1.29 is 5.11 Å². The summed E-state index contributed by atoms with van der Waals surface area (Å²) in [5.74, 6) is 0.879. The summed E-state index contributed by atoms with van der Waals surface area (Å²) in [6.07, 6.45) is 7.32. The number of aromatic amines is 2. The number of hydrogen-bond donors (Lipinski definition) is 4. The van der Waals surface area contributed by atoms with Crippen molar-refractivity contribution in [2.24, 2.45) is 4.99 Å². The van der Waals surface area contributed by atoms with Crippen molar-refractivity contribution in [2.45, 2.75) is 25.9 Å². The molecule has 0 aliphatic rings. The zero-order valence-corrected chi connectivity index (χ0v) is 23.9. The summed E-state index contributed by atoms with van der Waals surface area (Å²) in [6.45, 7) is 4.16. The van der Waals surface area contributed by atoms with Crippen LogP contribution in [-0.4, -0.2) is 34.6 Å². The number of phenolic OH excluding ortho intramolecular Hbond substituents is 1. The van der Waals surface area contributed by atoms with E-state index < -0.39 is 0 Å². The SMILES string of the molecule is CC(N=c1ncn(-c2ccc(O)cc2)c2[nH]ccc12)c1ccccc1.CC(Nc1ncc2cc[nH]c2n1)c1ccccc1. The Morgan fingerprint density at radius 2 is 1.49 bits per heavy atom. The first-order valence-electron chi connectivity index (χ1n) is 14.1. The predicted molar refractivity (Wildman–Crippen MR) is 170 cm³/mol. The molecule has 0 saturated carbocycles. The van der Waals surface area contributed by atoms with E-state index in [0.29, 0.717) is 11.4 Å². The van der Waals surface area contributed by atoms with Crippen LogP contribution in [0, 0.1) is 0 Å². The highest BCUT2D eigenvalue weighted by atomic mass is 16.3. The number of H-pyrrole nitrogens is 2. The number of aromatic hydroxyl groups is 1. The Hall–Kier alpha value is -5.70. The largest absolute Gasteiger partial charge is 0.508 e. The minimum Gasteiger partial charge on any atom is -0.508 e. The fraction of sp³-hybridized carbons (Fsp3) is 0.118. The van der Waals surface area contributed by atoms with Crippen LogP contribution in [0.15, 0.2) is 127 Å². The summed E-state index contributed by atoms with van der Waals surface area (Å²) in [5.41, 5.74) is 5.77. The quantitative estimate of drug-likeness (QED) is 0.175. The highest BCUT2D eigenvalue weighted by Crippen LogP contribution is 2.20. The predicted octanol–water partition coefficient (Wildman–Crippen LogP) is 6.85. The lowest BCUT2D eigenvalue weighted by molar-refractivity contribution is 0.475. The van der Waals surface area contributed by atoms with Gasteiger partial charge in [-0.3, -0.25) is 9.56 Å². The second-order valence-corrected chi connectivity index (χ2v) is 10.2. The van der Waals surface area contributed by atoms with E-state index in [1.807, 2.05) is 83.8 Å². The lowest BCUT2D eigenvalue weighted by Crippen LogP contribution is -2.14. The van der Waals surface area contributed by atoms with Crippen LogP contribution in [0.1, 0.15) is 37.1 Å². The summed E-state index contributed by atoms with van der Waals surface area (Å²) >= 11 is 0. The van der Waals surface area contributed by atoms with Crippen LogP contribution >= 0.6 is 0 Å². The fourth-order valence-electron chi connectivity index (χ4n) is 4.81. The molecule has 9 nitrogen and oxygen atoms in total. The van der Waals surface area contributed by atoms with Crippen LogP contribution in [0.4, 0.5) is 5.95 Å². The summed E-state index contributed by atoms with van der Waals surface area (Å²) in [5, 5.41) is 14.8. The Morgan fingerprint density at radius 1 is 0.791 bits per heavy atom. The van der Waals surface area contributed by atoms with E-state index in [-0.39, 0.29) is 17.8 Å². The van der Waals surface area contributed by atoms with E-state index in [4.69, 9.17) is 4.99 Å². The maximum absolute atomic E-state index is 9.48. The van der Waals surface area contributed by atoms with E-state index in [1.54, 1.807) is 18.5 Å². The Morgan fingerprint density at radius 3 is 2.23 bits per heavy atom. The van der Waals surface area contributed by atoms with Gasteiger partial charge in [0.1, 0.15) is 23.4 Å². The minimum absolute atomic E-state index is 0.0244. The number of nitrogens with one attached hydrogen (secondary N) is 3. The molecule has 43 heavy (non-hydrogen) atoms. The molecule has 3 aromatic carbocycles. The number of rotatable bonds is 6. The molecule has 9 heteroatoms. The average Bonchev–Trinajstić information content (AvgIpc) is 3.73. The van der Waals surface area contributed by atoms with E-state index in [1.165, 1.54) is 5.56 Å². The molecule has 4 N–H and O–H groups in total. The number of phenols is 1. The van der Waals surface area contributed by atoms with Gasteiger partial charge in [-0.05, 0) is 61.4 Å².